The molecule has 0 aliphatic heterocycles. The molecular weight excluding hydrogens is 443 g/mol. The molecule has 0 fully saturated rings. The van der Waals surface area contributed by atoms with Gasteiger partial charge in [-0.3, -0.25) is 14.3 Å². The summed E-state index contributed by atoms with van der Waals surface area (Å²) in [5.74, 6) is -1.33. The predicted octanol–water partition coefficient (Wildman–Crippen LogP) is 4.22. The number of carbonyl (C=O) groups excluding carboxylic acids is 2. The van der Waals surface area contributed by atoms with Crippen molar-refractivity contribution >= 4 is 50.7 Å². The van der Waals surface area contributed by atoms with Crippen LogP contribution in [0.5, 0.6) is 0 Å². The van der Waals surface area contributed by atoms with E-state index in [9.17, 15) is 22.8 Å². The molecule has 0 atom stereocenters. The molecule has 0 bridgehead atoms. The molecule has 30 heavy (non-hydrogen) atoms. The van der Waals surface area contributed by atoms with E-state index >= 15 is 0 Å². The van der Waals surface area contributed by atoms with Gasteiger partial charge in [0, 0.05) is 11.8 Å². The fraction of sp³-hybridized carbons (Fsp3) is 0.333. The van der Waals surface area contributed by atoms with Gasteiger partial charge >= 0.3 is 6.18 Å². The lowest BCUT2D eigenvalue weighted by Gasteiger charge is -2.10. The number of aryl methyl sites for hydroxylation is 3. The molecule has 0 aliphatic rings. The van der Waals surface area contributed by atoms with E-state index < -0.39 is 23.7 Å². The first-order valence-corrected chi connectivity index (χ1v) is 9.90. The third-order valence-corrected chi connectivity index (χ3v) is 6.13. The standard InChI is InChI=1S/C18H17ClF3N5O2S/c1-7-6-10(18(20,21)22)24-17-12(7)14(15(30-17)16(23)29)25-11(28)4-5-27-9(3)13(19)8(2)26-27/h6H,4-5H2,1-3H3,(H2,23,29)(H,25,28). The number of pyridine rings is 1. The summed E-state index contributed by atoms with van der Waals surface area (Å²) in [6.45, 7) is 5.19. The van der Waals surface area contributed by atoms with Gasteiger partial charge in [0.15, 0.2) is 0 Å². The summed E-state index contributed by atoms with van der Waals surface area (Å²) in [5, 5.41) is 7.60. The zero-order valence-electron chi connectivity index (χ0n) is 16.1. The van der Waals surface area contributed by atoms with Gasteiger partial charge in [-0.1, -0.05) is 11.6 Å². The van der Waals surface area contributed by atoms with Crippen molar-refractivity contribution < 1.29 is 22.8 Å². The number of hydrogen-bond acceptors (Lipinski definition) is 5. The minimum absolute atomic E-state index is 0.000934. The van der Waals surface area contributed by atoms with Gasteiger partial charge in [0.05, 0.1) is 28.6 Å². The minimum Gasteiger partial charge on any atom is -0.365 e. The molecule has 0 saturated heterocycles. The number of rotatable bonds is 5. The van der Waals surface area contributed by atoms with Gasteiger partial charge in [-0.15, -0.1) is 11.3 Å². The molecule has 0 aliphatic carbocycles. The Morgan fingerprint density at radius 3 is 2.50 bits per heavy atom. The number of anilines is 1. The van der Waals surface area contributed by atoms with E-state index in [2.05, 4.69) is 15.4 Å². The van der Waals surface area contributed by atoms with Crippen molar-refractivity contribution in [1.82, 2.24) is 14.8 Å². The van der Waals surface area contributed by atoms with Crippen LogP contribution in [-0.2, 0) is 17.5 Å². The van der Waals surface area contributed by atoms with Crippen LogP contribution in [0.4, 0.5) is 18.9 Å². The Hall–Kier alpha value is -2.66. The molecule has 0 spiro atoms. The predicted molar refractivity (Wildman–Crippen MR) is 108 cm³/mol. The zero-order chi connectivity index (χ0) is 22.4. The quantitative estimate of drug-likeness (QED) is 0.596. The van der Waals surface area contributed by atoms with Gasteiger partial charge in [0.2, 0.25) is 5.91 Å². The molecule has 7 nitrogen and oxygen atoms in total. The lowest BCUT2D eigenvalue weighted by molar-refractivity contribution is -0.141. The van der Waals surface area contributed by atoms with Crippen molar-refractivity contribution in [1.29, 1.82) is 0 Å². The maximum absolute atomic E-state index is 13.1. The van der Waals surface area contributed by atoms with E-state index in [-0.39, 0.29) is 39.3 Å². The second-order valence-corrected chi connectivity index (χ2v) is 8.06. The maximum atomic E-state index is 13.1. The van der Waals surface area contributed by atoms with Gasteiger partial charge in [0.1, 0.15) is 15.4 Å². The summed E-state index contributed by atoms with van der Waals surface area (Å²) in [4.78, 5) is 27.8. The Kier molecular flexibility index (Phi) is 5.79. The Labute approximate surface area is 178 Å². The summed E-state index contributed by atoms with van der Waals surface area (Å²) in [6, 6.07) is 0.868. The average Bonchev–Trinajstić information content (AvgIpc) is 3.12. The first kappa shape index (κ1) is 22.0. The van der Waals surface area contributed by atoms with Crippen molar-refractivity contribution in [3.05, 3.63) is 38.6 Å². The SMILES string of the molecule is Cc1nn(CCC(=O)Nc2c(C(N)=O)sc3nc(C(F)(F)F)cc(C)c23)c(C)c1Cl. The van der Waals surface area contributed by atoms with Crippen LogP contribution in [0, 0.1) is 20.8 Å². The average molecular weight is 460 g/mol. The smallest absolute Gasteiger partial charge is 0.365 e. The zero-order valence-corrected chi connectivity index (χ0v) is 17.7. The number of nitrogens with zero attached hydrogens (tertiary/aromatic N) is 3. The molecule has 0 aromatic carbocycles. The molecule has 0 unspecified atom stereocenters. The normalized spacial score (nSPS) is 11.8. The van der Waals surface area contributed by atoms with Crippen molar-refractivity contribution in [3.63, 3.8) is 0 Å². The number of alkyl halides is 3. The monoisotopic (exact) mass is 459 g/mol. The van der Waals surface area contributed by atoms with E-state index in [1.807, 2.05) is 0 Å². The van der Waals surface area contributed by atoms with Crippen LogP contribution in [-0.4, -0.2) is 26.6 Å². The molecule has 3 aromatic heterocycles. The highest BCUT2D eigenvalue weighted by molar-refractivity contribution is 7.21. The number of hydrogen-bond donors (Lipinski definition) is 2. The van der Waals surface area contributed by atoms with E-state index in [1.54, 1.807) is 18.5 Å². The van der Waals surface area contributed by atoms with Crippen LogP contribution in [0.1, 0.15) is 38.7 Å². The Morgan fingerprint density at radius 1 is 1.30 bits per heavy atom. The number of thiophene rings is 1. The molecule has 160 valence electrons. The van der Waals surface area contributed by atoms with Crippen LogP contribution in [0.3, 0.4) is 0 Å². The first-order chi connectivity index (χ1) is 13.9. The van der Waals surface area contributed by atoms with Crippen molar-refractivity contribution in [2.45, 2.75) is 39.9 Å². The lowest BCUT2D eigenvalue weighted by Crippen LogP contribution is -2.18. The number of aromatic nitrogens is 3. The summed E-state index contributed by atoms with van der Waals surface area (Å²) in [7, 11) is 0. The molecule has 2 amide bonds. The number of fused-ring (bicyclic) bond motifs is 1. The minimum atomic E-state index is -4.64. The number of nitrogens with two attached hydrogens (primary N) is 1. The summed E-state index contributed by atoms with van der Waals surface area (Å²) < 4.78 is 40.8. The van der Waals surface area contributed by atoms with Crippen LogP contribution < -0.4 is 11.1 Å². The van der Waals surface area contributed by atoms with Crippen molar-refractivity contribution in [2.75, 3.05) is 5.32 Å². The molecule has 3 heterocycles. The molecule has 0 radical (unpaired) electrons. The second-order valence-electron chi connectivity index (χ2n) is 6.68. The lowest BCUT2D eigenvalue weighted by atomic mass is 10.1. The van der Waals surface area contributed by atoms with Crippen molar-refractivity contribution in [3.8, 4) is 0 Å². The van der Waals surface area contributed by atoms with E-state index in [0.29, 0.717) is 27.7 Å². The fourth-order valence-electron chi connectivity index (χ4n) is 3.02. The van der Waals surface area contributed by atoms with Gasteiger partial charge < -0.3 is 11.1 Å². The topological polar surface area (TPSA) is 103 Å². The molecule has 3 N–H and O–H groups in total. The number of carbonyl (C=O) groups is 2. The van der Waals surface area contributed by atoms with Crippen LogP contribution in [0.25, 0.3) is 10.2 Å². The highest BCUT2D eigenvalue weighted by Crippen LogP contribution is 2.39. The molecular formula is C18H17ClF3N5O2S. The van der Waals surface area contributed by atoms with E-state index in [1.165, 1.54) is 6.92 Å². The number of nitrogens with one attached hydrogen (secondary N) is 1. The highest BCUT2D eigenvalue weighted by Gasteiger charge is 2.34. The van der Waals surface area contributed by atoms with Gasteiger partial charge in [-0.2, -0.15) is 18.3 Å². The largest absolute Gasteiger partial charge is 0.433 e. The third kappa shape index (κ3) is 4.12. The second kappa shape index (κ2) is 7.88. The molecule has 3 rings (SSSR count). The molecule has 0 saturated carbocycles. The summed E-state index contributed by atoms with van der Waals surface area (Å²) in [6.07, 6.45) is -4.64. The number of amides is 2. The molecule has 3 aromatic rings. The van der Waals surface area contributed by atoms with Gasteiger partial charge in [0.25, 0.3) is 5.91 Å². The molecule has 12 heteroatoms. The first-order valence-electron chi connectivity index (χ1n) is 8.70. The Bertz CT molecular complexity index is 1170. The maximum Gasteiger partial charge on any atom is 0.433 e. The van der Waals surface area contributed by atoms with Crippen LogP contribution in [0.2, 0.25) is 5.02 Å². The highest BCUT2D eigenvalue weighted by atomic mass is 35.5. The number of halogens is 4. The van der Waals surface area contributed by atoms with E-state index in [0.717, 1.165) is 6.07 Å². The summed E-state index contributed by atoms with van der Waals surface area (Å²) >= 11 is 6.80. The van der Waals surface area contributed by atoms with Crippen LogP contribution in [0.15, 0.2) is 6.07 Å². The Balaban J connectivity index is 1.92. The van der Waals surface area contributed by atoms with Crippen LogP contribution >= 0.6 is 22.9 Å². The Morgan fingerprint density at radius 2 is 1.97 bits per heavy atom. The summed E-state index contributed by atoms with van der Waals surface area (Å²) in [5.41, 5.74) is 5.93. The van der Waals surface area contributed by atoms with E-state index in [4.69, 9.17) is 17.3 Å². The number of primary amides is 1. The van der Waals surface area contributed by atoms with Gasteiger partial charge in [-0.05, 0) is 32.4 Å². The van der Waals surface area contributed by atoms with Crippen molar-refractivity contribution in [2.24, 2.45) is 5.73 Å². The fourth-order valence-corrected chi connectivity index (χ4v) is 4.22. The third-order valence-electron chi connectivity index (χ3n) is 4.48. The van der Waals surface area contributed by atoms with Gasteiger partial charge in [-0.25, -0.2) is 4.98 Å².